The van der Waals surface area contributed by atoms with Crippen LogP contribution in [0.3, 0.4) is 0 Å². The molecule has 6 nitrogen and oxygen atoms in total. The van der Waals surface area contributed by atoms with Gasteiger partial charge in [0.25, 0.3) is 0 Å². The Morgan fingerprint density at radius 1 is 1.00 bits per heavy atom. The Morgan fingerprint density at radius 2 is 1.73 bits per heavy atom. The second kappa shape index (κ2) is 7.57. The summed E-state index contributed by atoms with van der Waals surface area (Å²) in [5, 5.41) is 4.01. The van der Waals surface area contributed by atoms with Crippen molar-refractivity contribution in [3.63, 3.8) is 0 Å². The first-order valence-corrected chi connectivity index (χ1v) is 7.94. The predicted molar refractivity (Wildman–Crippen MR) is 99.5 cm³/mol. The number of carbonyl (C=O) groups excluding carboxylic acids is 2. The molecule has 0 saturated heterocycles. The van der Waals surface area contributed by atoms with Crippen molar-refractivity contribution in [1.29, 1.82) is 0 Å². The van der Waals surface area contributed by atoms with Crippen molar-refractivity contribution in [1.82, 2.24) is 4.98 Å². The van der Waals surface area contributed by atoms with E-state index in [0.29, 0.717) is 5.69 Å². The van der Waals surface area contributed by atoms with Crippen LogP contribution in [0.25, 0.3) is 22.2 Å². The molecular weight excluding hydrogens is 332 g/mol. The van der Waals surface area contributed by atoms with Crippen LogP contribution < -0.4 is 5.32 Å². The van der Waals surface area contributed by atoms with Gasteiger partial charge in [-0.25, -0.2) is 9.59 Å². The molecular formula is C20H18N2O4. The van der Waals surface area contributed by atoms with Gasteiger partial charge in [-0.2, -0.15) is 0 Å². The molecule has 2 aromatic carbocycles. The summed E-state index contributed by atoms with van der Waals surface area (Å²) in [5.74, 6) is -1.30. The Kier molecular flexibility index (Phi) is 5.03. The van der Waals surface area contributed by atoms with Crippen LogP contribution in [0.4, 0.5) is 5.69 Å². The van der Waals surface area contributed by atoms with Crippen molar-refractivity contribution in [3.05, 3.63) is 66.4 Å². The number of aromatic amines is 1. The lowest BCUT2D eigenvalue weighted by atomic mass is 10.1. The number of nitrogens with one attached hydrogen (secondary N) is 2. The summed E-state index contributed by atoms with van der Waals surface area (Å²) in [6, 6.07) is 17.6. The summed E-state index contributed by atoms with van der Waals surface area (Å²) >= 11 is 0. The molecule has 0 saturated carbocycles. The number of benzene rings is 2. The number of para-hydroxylation sites is 1. The monoisotopic (exact) mass is 350 g/mol. The second-order valence-corrected chi connectivity index (χ2v) is 5.55. The average Bonchev–Trinajstić information content (AvgIpc) is 3.11. The molecule has 0 aliphatic rings. The van der Waals surface area contributed by atoms with Crippen LogP contribution in [0.15, 0.2) is 66.4 Å². The highest BCUT2D eigenvalue weighted by Gasteiger charge is 2.13. The van der Waals surface area contributed by atoms with Gasteiger partial charge in [-0.3, -0.25) is 0 Å². The SMILES string of the molecule is COC(=O)/C=C(/Nc1ccc(-c2cc3ccccc3[nH]2)cc1)C(=O)OC. The molecule has 0 fully saturated rings. The van der Waals surface area contributed by atoms with E-state index in [0.717, 1.165) is 28.2 Å². The quantitative estimate of drug-likeness (QED) is 0.544. The molecule has 0 aliphatic carbocycles. The van der Waals surface area contributed by atoms with Gasteiger partial charge in [0.2, 0.25) is 0 Å². The van der Waals surface area contributed by atoms with Crippen LogP contribution in [0, 0.1) is 0 Å². The predicted octanol–water partition coefficient (Wildman–Crippen LogP) is 3.48. The standard InChI is InChI=1S/C20H18N2O4/c1-25-19(23)12-18(20(24)26-2)21-15-9-7-13(8-10-15)17-11-14-5-3-4-6-16(14)22-17/h3-12,21-22H,1-2H3/b18-12+. The summed E-state index contributed by atoms with van der Waals surface area (Å²) < 4.78 is 9.23. The maximum atomic E-state index is 11.8. The van der Waals surface area contributed by atoms with Crippen LogP contribution in [0.5, 0.6) is 0 Å². The van der Waals surface area contributed by atoms with Crippen LogP contribution in [-0.2, 0) is 19.1 Å². The summed E-state index contributed by atoms with van der Waals surface area (Å²) in [6.45, 7) is 0. The van der Waals surface area contributed by atoms with Crippen molar-refractivity contribution in [2.75, 3.05) is 19.5 Å². The molecule has 6 heteroatoms. The van der Waals surface area contributed by atoms with E-state index in [1.165, 1.54) is 14.2 Å². The molecule has 1 aromatic heterocycles. The Morgan fingerprint density at radius 3 is 2.38 bits per heavy atom. The number of methoxy groups -OCH3 is 2. The molecule has 1 heterocycles. The first kappa shape index (κ1) is 17.3. The smallest absolute Gasteiger partial charge is 0.354 e. The summed E-state index contributed by atoms with van der Waals surface area (Å²) in [7, 11) is 2.48. The molecule has 26 heavy (non-hydrogen) atoms. The Bertz CT molecular complexity index is 938. The van der Waals surface area contributed by atoms with Gasteiger partial charge in [0.1, 0.15) is 5.70 Å². The second-order valence-electron chi connectivity index (χ2n) is 5.55. The molecule has 0 unspecified atom stereocenters. The van der Waals surface area contributed by atoms with E-state index in [1.54, 1.807) is 0 Å². The van der Waals surface area contributed by atoms with Gasteiger partial charge >= 0.3 is 11.9 Å². The average molecular weight is 350 g/mol. The van der Waals surface area contributed by atoms with Crippen molar-refractivity contribution in [2.24, 2.45) is 0 Å². The zero-order valence-corrected chi connectivity index (χ0v) is 14.4. The topological polar surface area (TPSA) is 80.4 Å². The lowest BCUT2D eigenvalue weighted by Gasteiger charge is -2.09. The molecule has 0 bridgehead atoms. The first-order valence-electron chi connectivity index (χ1n) is 7.94. The number of ether oxygens (including phenoxy) is 2. The van der Waals surface area contributed by atoms with Crippen molar-refractivity contribution >= 4 is 28.5 Å². The fourth-order valence-electron chi connectivity index (χ4n) is 2.55. The van der Waals surface area contributed by atoms with Gasteiger partial charge in [-0.05, 0) is 29.8 Å². The maximum absolute atomic E-state index is 11.8. The van der Waals surface area contributed by atoms with Crippen molar-refractivity contribution < 1.29 is 19.1 Å². The van der Waals surface area contributed by atoms with Gasteiger partial charge in [-0.15, -0.1) is 0 Å². The first-order chi connectivity index (χ1) is 12.6. The van der Waals surface area contributed by atoms with E-state index < -0.39 is 11.9 Å². The highest BCUT2D eigenvalue weighted by atomic mass is 16.5. The van der Waals surface area contributed by atoms with E-state index in [4.69, 9.17) is 0 Å². The minimum Gasteiger partial charge on any atom is -0.466 e. The Labute approximate surface area is 150 Å². The summed E-state index contributed by atoms with van der Waals surface area (Å²) in [5.41, 5.74) is 3.71. The highest BCUT2D eigenvalue weighted by molar-refractivity contribution is 5.98. The molecule has 0 atom stereocenters. The summed E-state index contributed by atoms with van der Waals surface area (Å²) in [4.78, 5) is 26.6. The van der Waals surface area contributed by atoms with Gasteiger partial charge < -0.3 is 19.8 Å². The number of anilines is 1. The number of aromatic nitrogens is 1. The normalized spacial score (nSPS) is 11.2. The van der Waals surface area contributed by atoms with Gasteiger partial charge in [0, 0.05) is 22.3 Å². The lowest BCUT2D eigenvalue weighted by molar-refractivity contribution is -0.138. The molecule has 0 amide bonds. The number of esters is 2. The van der Waals surface area contributed by atoms with E-state index >= 15 is 0 Å². The number of carbonyl (C=O) groups is 2. The lowest BCUT2D eigenvalue weighted by Crippen LogP contribution is -2.15. The number of rotatable bonds is 5. The minimum absolute atomic E-state index is 0.00212. The minimum atomic E-state index is -0.657. The fraction of sp³-hybridized carbons (Fsp3) is 0.100. The number of hydrogen-bond acceptors (Lipinski definition) is 5. The zero-order chi connectivity index (χ0) is 18.5. The number of H-pyrrole nitrogens is 1. The molecule has 0 aliphatic heterocycles. The van der Waals surface area contributed by atoms with Gasteiger partial charge in [0.15, 0.2) is 0 Å². The molecule has 132 valence electrons. The van der Waals surface area contributed by atoms with E-state index in [1.807, 2.05) is 48.5 Å². The van der Waals surface area contributed by atoms with Crippen LogP contribution in [0.1, 0.15) is 0 Å². The molecule has 3 aromatic rings. The number of fused-ring (bicyclic) bond motifs is 1. The van der Waals surface area contributed by atoms with E-state index in [-0.39, 0.29) is 5.70 Å². The van der Waals surface area contributed by atoms with Crippen LogP contribution >= 0.6 is 0 Å². The highest BCUT2D eigenvalue weighted by Crippen LogP contribution is 2.25. The Hall–Kier alpha value is -3.54. The number of hydrogen-bond donors (Lipinski definition) is 2. The van der Waals surface area contributed by atoms with Crippen LogP contribution in [-0.4, -0.2) is 31.1 Å². The van der Waals surface area contributed by atoms with E-state index in [9.17, 15) is 9.59 Å². The third-order valence-electron chi connectivity index (χ3n) is 3.87. The van der Waals surface area contributed by atoms with Gasteiger partial charge in [0.05, 0.1) is 20.3 Å². The fourth-order valence-corrected chi connectivity index (χ4v) is 2.55. The summed E-state index contributed by atoms with van der Waals surface area (Å²) in [6.07, 6.45) is 1.05. The van der Waals surface area contributed by atoms with Crippen LogP contribution in [0.2, 0.25) is 0 Å². The Balaban J connectivity index is 1.83. The van der Waals surface area contributed by atoms with E-state index in [2.05, 4.69) is 25.8 Å². The van der Waals surface area contributed by atoms with Crippen molar-refractivity contribution in [2.45, 2.75) is 0 Å². The zero-order valence-electron chi connectivity index (χ0n) is 14.4. The molecule has 0 spiro atoms. The maximum Gasteiger partial charge on any atom is 0.354 e. The molecule has 2 N–H and O–H groups in total. The van der Waals surface area contributed by atoms with Gasteiger partial charge in [-0.1, -0.05) is 30.3 Å². The third-order valence-corrected chi connectivity index (χ3v) is 3.87. The molecule has 0 radical (unpaired) electrons. The van der Waals surface area contributed by atoms with Crippen molar-refractivity contribution in [3.8, 4) is 11.3 Å². The molecule has 3 rings (SSSR count). The largest absolute Gasteiger partial charge is 0.466 e. The third kappa shape index (κ3) is 3.75.